The van der Waals surface area contributed by atoms with Crippen molar-refractivity contribution in [3.8, 4) is 0 Å². The van der Waals surface area contributed by atoms with Gasteiger partial charge in [0.25, 0.3) is 0 Å². The molecule has 0 spiro atoms. The van der Waals surface area contributed by atoms with Gasteiger partial charge in [0.05, 0.1) is 6.67 Å². The first-order valence-corrected chi connectivity index (χ1v) is 4.90. The van der Waals surface area contributed by atoms with Gasteiger partial charge in [0.1, 0.15) is 0 Å². The average molecular weight is 192 g/mol. The molecule has 1 aromatic rings. The van der Waals surface area contributed by atoms with E-state index in [0.717, 1.165) is 17.5 Å². The molecule has 0 radical (unpaired) electrons. The van der Waals surface area contributed by atoms with E-state index >= 15 is 0 Å². The van der Waals surface area contributed by atoms with Gasteiger partial charge >= 0.3 is 0 Å². The van der Waals surface area contributed by atoms with Crippen LogP contribution in [0.25, 0.3) is 0 Å². The van der Waals surface area contributed by atoms with Gasteiger partial charge in [-0.25, -0.2) is 0 Å². The van der Waals surface area contributed by atoms with E-state index in [4.69, 9.17) is 0 Å². The van der Waals surface area contributed by atoms with Crippen LogP contribution in [0.2, 0.25) is 0 Å². The third-order valence-electron chi connectivity index (χ3n) is 2.86. The molecule has 1 nitrogen and oxygen atoms in total. The molecule has 1 saturated carbocycles. The van der Waals surface area contributed by atoms with Gasteiger partial charge in [-0.3, -0.25) is 9.18 Å². The summed E-state index contributed by atoms with van der Waals surface area (Å²) in [7, 11) is 0. The van der Waals surface area contributed by atoms with E-state index < -0.39 is 0 Å². The number of carbonyl (C=O) groups is 1. The van der Waals surface area contributed by atoms with Crippen LogP contribution in [0.4, 0.5) is 4.39 Å². The third kappa shape index (κ3) is 1.57. The number of halogens is 1. The summed E-state index contributed by atoms with van der Waals surface area (Å²) in [4.78, 5) is 11.3. The van der Waals surface area contributed by atoms with Crippen LogP contribution in [-0.2, 0) is 0 Å². The zero-order valence-electron chi connectivity index (χ0n) is 8.16. The van der Waals surface area contributed by atoms with E-state index in [1.807, 2.05) is 24.3 Å². The van der Waals surface area contributed by atoms with Crippen LogP contribution in [0.5, 0.6) is 0 Å². The molecule has 74 valence electrons. The Labute approximate surface area is 82.9 Å². The first kappa shape index (κ1) is 9.38. The van der Waals surface area contributed by atoms with Crippen LogP contribution in [-0.4, -0.2) is 12.5 Å². The fourth-order valence-corrected chi connectivity index (χ4v) is 1.94. The predicted molar refractivity (Wildman–Crippen MR) is 53.3 cm³/mol. The van der Waals surface area contributed by atoms with Crippen molar-refractivity contribution in [2.45, 2.75) is 19.3 Å². The Bertz CT molecular complexity index is 359. The molecular weight excluding hydrogens is 179 g/mol. The van der Waals surface area contributed by atoms with Crippen molar-refractivity contribution in [3.63, 3.8) is 0 Å². The van der Waals surface area contributed by atoms with Crippen molar-refractivity contribution in [3.05, 3.63) is 35.4 Å². The highest BCUT2D eigenvalue weighted by Gasteiger charge is 2.39. The standard InChI is InChI=1S/C12H13FO/c1-8(14)10-4-2-3-5-11(10)12-6-9(12)7-13/h2-5,9,12H,6-7H2,1H3. The zero-order chi connectivity index (χ0) is 10.1. The van der Waals surface area contributed by atoms with Crippen LogP contribution in [0, 0.1) is 5.92 Å². The second-order valence-corrected chi connectivity index (χ2v) is 3.90. The molecule has 0 amide bonds. The summed E-state index contributed by atoms with van der Waals surface area (Å²) < 4.78 is 12.4. The van der Waals surface area contributed by atoms with Crippen LogP contribution in [0.1, 0.15) is 35.2 Å². The van der Waals surface area contributed by atoms with Crippen molar-refractivity contribution >= 4 is 5.78 Å². The van der Waals surface area contributed by atoms with Crippen LogP contribution in [0.15, 0.2) is 24.3 Å². The molecule has 0 aliphatic heterocycles. The third-order valence-corrected chi connectivity index (χ3v) is 2.86. The number of hydrogen-bond acceptors (Lipinski definition) is 1. The molecule has 0 bridgehead atoms. The van der Waals surface area contributed by atoms with E-state index in [0.29, 0.717) is 0 Å². The SMILES string of the molecule is CC(=O)c1ccccc1C1CC1CF. The molecule has 0 saturated heterocycles. The molecule has 0 heterocycles. The van der Waals surface area contributed by atoms with Crippen molar-refractivity contribution in [1.29, 1.82) is 0 Å². The lowest BCUT2D eigenvalue weighted by molar-refractivity contribution is 0.101. The molecule has 1 aliphatic carbocycles. The van der Waals surface area contributed by atoms with Gasteiger partial charge in [0.15, 0.2) is 5.78 Å². The maximum Gasteiger partial charge on any atom is 0.160 e. The molecule has 0 N–H and O–H groups in total. The van der Waals surface area contributed by atoms with Gasteiger partial charge in [-0.15, -0.1) is 0 Å². The monoisotopic (exact) mass is 192 g/mol. The van der Waals surface area contributed by atoms with Crippen LogP contribution < -0.4 is 0 Å². The average Bonchev–Trinajstić information content (AvgIpc) is 2.96. The maximum atomic E-state index is 12.4. The fourth-order valence-electron chi connectivity index (χ4n) is 1.94. The molecule has 2 heteroatoms. The van der Waals surface area contributed by atoms with Crippen molar-refractivity contribution < 1.29 is 9.18 Å². The Kier molecular flexibility index (Phi) is 2.36. The van der Waals surface area contributed by atoms with E-state index in [2.05, 4.69) is 0 Å². The van der Waals surface area contributed by atoms with E-state index in [1.54, 1.807) is 6.92 Å². The number of Topliss-reactive ketones (excluding diaryl/α,β-unsaturated/α-hetero) is 1. The normalized spacial score (nSPS) is 24.7. The summed E-state index contributed by atoms with van der Waals surface area (Å²) >= 11 is 0. The summed E-state index contributed by atoms with van der Waals surface area (Å²) in [5, 5.41) is 0. The molecule has 14 heavy (non-hydrogen) atoms. The lowest BCUT2D eigenvalue weighted by Gasteiger charge is -2.04. The number of ketones is 1. The maximum absolute atomic E-state index is 12.4. The Morgan fingerprint density at radius 1 is 1.50 bits per heavy atom. The molecule has 1 aromatic carbocycles. The molecule has 2 unspecified atom stereocenters. The molecule has 1 fully saturated rings. The van der Waals surface area contributed by atoms with E-state index in [1.165, 1.54) is 0 Å². The largest absolute Gasteiger partial charge is 0.295 e. The highest BCUT2D eigenvalue weighted by molar-refractivity contribution is 5.95. The second-order valence-electron chi connectivity index (χ2n) is 3.90. The first-order chi connectivity index (χ1) is 6.74. The minimum atomic E-state index is -0.267. The summed E-state index contributed by atoms with van der Waals surface area (Å²) in [5.74, 6) is 0.501. The summed E-state index contributed by atoms with van der Waals surface area (Å²) in [6.45, 7) is 1.29. The van der Waals surface area contributed by atoms with E-state index in [-0.39, 0.29) is 24.3 Å². The highest BCUT2D eigenvalue weighted by Crippen LogP contribution is 2.48. The van der Waals surface area contributed by atoms with Crippen molar-refractivity contribution in [1.82, 2.24) is 0 Å². The second kappa shape index (κ2) is 3.52. The molecule has 2 rings (SSSR count). The number of rotatable bonds is 3. The van der Waals surface area contributed by atoms with Crippen molar-refractivity contribution in [2.75, 3.05) is 6.67 Å². The van der Waals surface area contributed by atoms with Gasteiger partial charge in [0, 0.05) is 5.56 Å². The number of benzene rings is 1. The van der Waals surface area contributed by atoms with Crippen LogP contribution >= 0.6 is 0 Å². The Balaban J connectivity index is 2.29. The molecule has 2 atom stereocenters. The van der Waals surface area contributed by atoms with Crippen LogP contribution in [0.3, 0.4) is 0 Å². The minimum Gasteiger partial charge on any atom is -0.295 e. The van der Waals surface area contributed by atoms with Gasteiger partial charge in [-0.05, 0) is 30.7 Å². The minimum absolute atomic E-state index is 0.0742. The Morgan fingerprint density at radius 2 is 2.21 bits per heavy atom. The van der Waals surface area contributed by atoms with Gasteiger partial charge in [-0.2, -0.15) is 0 Å². The lowest BCUT2D eigenvalue weighted by Crippen LogP contribution is -1.98. The number of alkyl halides is 1. The first-order valence-electron chi connectivity index (χ1n) is 4.90. The predicted octanol–water partition coefficient (Wildman–Crippen LogP) is 2.96. The zero-order valence-corrected chi connectivity index (χ0v) is 8.16. The molecule has 1 aliphatic rings. The topological polar surface area (TPSA) is 17.1 Å². The van der Waals surface area contributed by atoms with Gasteiger partial charge in [0.2, 0.25) is 0 Å². The summed E-state index contributed by atoms with van der Waals surface area (Å²) in [6, 6.07) is 7.53. The van der Waals surface area contributed by atoms with Crippen molar-refractivity contribution in [2.24, 2.45) is 5.92 Å². The summed E-state index contributed by atoms with van der Waals surface area (Å²) in [6.07, 6.45) is 0.890. The highest BCUT2D eigenvalue weighted by atomic mass is 19.1. The Hall–Kier alpha value is -1.18. The van der Waals surface area contributed by atoms with Gasteiger partial charge in [-0.1, -0.05) is 24.3 Å². The molecular formula is C12H13FO. The Morgan fingerprint density at radius 3 is 2.79 bits per heavy atom. The quantitative estimate of drug-likeness (QED) is 0.673. The van der Waals surface area contributed by atoms with Gasteiger partial charge < -0.3 is 0 Å². The van der Waals surface area contributed by atoms with E-state index in [9.17, 15) is 9.18 Å². The number of hydrogen-bond donors (Lipinski definition) is 0. The fraction of sp³-hybridized carbons (Fsp3) is 0.417. The lowest BCUT2D eigenvalue weighted by atomic mass is 10.00. The number of carbonyl (C=O) groups excluding carboxylic acids is 1. The smallest absolute Gasteiger partial charge is 0.160 e. The molecule has 0 aromatic heterocycles. The summed E-state index contributed by atoms with van der Waals surface area (Å²) in [5.41, 5.74) is 1.79.